The molecule has 0 radical (unpaired) electrons. The monoisotopic (exact) mass is 343 g/mol. The van der Waals surface area contributed by atoms with Gasteiger partial charge >= 0.3 is 0 Å². The van der Waals surface area contributed by atoms with Crippen LogP contribution in [-0.4, -0.2) is 53.0 Å². The van der Waals surface area contributed by atoms with Gasteiger partial charge in [-0.05, 0) is 30.2 Å². The molecule has 0 saturated carbocycles. The van der Waals surface area contributed by atoms with Crippen LogP contribution in [0, 0.1) is 5.92 Å². The van der Waals surface area contributed by atoms with Crippen molar-refractivity contribution in [1.29, 1.82) is 0 Å². The van der Waals surface area contributed by atoms with E-state index in [1.54, 1.807) is 11.0 Å². The standard InChI is InChI=1S/C18H25N5O2/c1-14(2)17(11-23-13-19-12-20-23)21-18(24)15-3-5-16(6-4-15)22-7-9-25-10-8-22/h3-6,12-14,17H,7-11H2,1-2H3,(H,21,24)/t17-/m1/s1. The summed E-state index contributed by atoms with van der Waals surface area (Å²) in [7, 11) is 0. The zero-order valence-corrected chi connectivity index (χ0v) is 14.8. The molecule has 1 fully saturated rings. The van der Waals surface area contributed by atoms with Crippen molar-refractivity contribution in [3.8, 4) is 0 Å². The second kappa shape index (κ2) is 8.11. The zero-order chi connectivity index (χ0) is 17.6. The summed E-state index contributed by atoms with van der Waals surface area (Å²) in [6.07, 6.45) is 3.17. The molecule has 0 unspecified atom stereocenters. The largest absolute Gasteiger partial charge is 0.378 e. The summed E-state index contributed by atoms with van der Waals surface area (Å²) in [5.74, 6) is 0.230. The van der Waals surface area contributed by atoms with Crippen molar-refractivity contribution in [2.24, 2.45) is 5.92 Å². The van der Waals surface area contributed by atoms with E-state index in [1.165, 1.54) is 6.33 Å². The molecular weight excluding hydrogens is 318 g/mol. The van der Waals surface area contributed by atoms with Gasteiger partial charge in [-0.1, -0.05) is 13.8 Å². The zero-order valence-electron chi connectivity index (χ0n) is 14.8. The number of nitrogens with zero attached hydrogens (tertiary/aromatic N) is 4. The van der Waals surface area contributed by atoms with Crippen LogP contribution in [0.25, 0.3) is 0 Å². The Balaban J connectivity index is 1.62. The van der Waals surface area contributed by atoms with Gasteiger partial charge in [0.25, 0.3) is 5.91 Å². The van der Waals surface area contributed by atoms with Crippen LogP contribution >= 0.6 is 0 Å². The fourth-order valence-corrected chi connectivity index (χ4v) is 2.85. The number of carbonyl (C=O) groups is 1. The molecule has 1 atom stereocenters. The number of amides is 1. The normalized spacial score (nSPS) is 16.0. The van der Waals surface area contributed by atoms with Crippen molar-refractivity contribution in [3.05, 3.63) is 42.5 Å². The first-order chi connectivity index (χ1) is 12.1. The average molecular weight is 343 g/mol. The van der Waals surface area contributed by atoms with Crippen LogP contribution in [0.2, 0.25) is 0 Å². The highest BCUT2D eigenvalue weighted by molar-refractivity contribution is 5.94. The van der Waals surface area contributed by atoms with Crippen LogP contribution in [0.3, 0.4) is 0 Å². The smallest absolute Gasteiger partial charge is 0.251 e. The highest BCUT2D eigenvalue weighted by atomic mass is 16.5. The van der Waals surface area contributed by atoms with Gasteiger partial charge in [0.15, 0.2) is 0 Å². The van der Waals surface area contributed by atoms with Crippen molar-refractivity contribution in [1.82, 2.24) is 20.1 Å². The molecule has 0 bridgehead atoms. The Kier molecular flexibility index (Phi) is 5.65. The summed E-state index contributed by atoms with van der Waals surface area (Å²) >= 11 is 0. The number of benzene rings is 1. The topological polar surface area (TPSA) is 72.3 Å². The Hall–Kier alpha value is -2.41. The van der Waals surface area contributed by atoms with E-state index < -0.39 is 0 Å². The molecule has 0 spiro atoms. The van der Waals surface area contributed by atoms with Crippen LogP contribution < -0.4 is 10.2 Å². The first-order valence-electron chi connectivity index (χ1n) is 8.69. The van der Waals surface area contributed by atoms with Gasteiger partial charge in [-0.25, -0.2) is 4.98 Å². The Morgan fingerprint density at radius 2 is 1.96 bits per heavy atom. The van der Waals surface area contributed by atoms with Crippen LogP contribution in [0.15, 0.2) is 36.9 Å². The number of anilines is 1. The lowest BCUT2D eigenvalue weighted by Crippen LogP contribution is -2.41. The van der Waals surface area contributed by atoms with E-state index >= 15 is 0 Å². The third-order valence-electron chi connectivity index (χ3n) is 4.48. The van der Waals surface area contributed by atoms with Crippen molar-refractivity contribution in [2.45, 2.75) is 26.4 Å². The Bertz CT molecular complexity index is 663. The number of nitrogens with one attached hydrogen (secondary N) is 1. The van der Waals surface area contributed by atoms with E-state index in [4.69, 9.17) is 4.74 Å². The van der Waals surface area contributed by atoms with Crippen molar-refractivity contribution < 1.29 is 9.53 Å². The number of hydrogen-bond acceptors (Lipinski definition) is 5. The molecule has 1 saturated heterocycles. The maximum Gasteiger partial charge on any atom is 0.251 e. The molecule has 134 valence electrons. The number of carbonyl (C=O) groups excluding carboxylic acids is 1. The molecular formula is C18H25N5O2. The molecule has 1 aliphatic heterocycles. The second-order valence-electron chi connectivity index (χ2n) is 6.59. The van der Waals surface area contributed by atoms with E-state index in [9.17, 15) is 4.79 Å². The van der Waals surface area contributed by atoms with Crippen LogP contribution in [0.4, 0.5) is 5.69 Å². The Morgan fingerprint density at radius 3 is 2.56 bits per heavy atom. The van der Waals surface area contributed by atoms with Gasteiger partial charge in [0.2, 0.25) is 0 Å². The minimum absolute atomic E-state index is 0.00637. The fraction of sp³-hybridized carbons (Fsp3) is 0.500. The SMILES string of the molecule is CC(C)[C@@H](Cn1cncn1)NC(=O)c1ccc(N2CCOCC2)cc1. The van der Waals surface area contributed by atoms with E-state index in [0.29, 0.717) is 18.0 Å². The van der Waals surface area contributed by atoms with Crippen molar-refractivity contribution in [2.75, 3.05) is 31.2 Å². The number of morpholine rings is 1. The Labute approximate surface area is 148 Å². The van der Waals surface area contributed by atoms with Crippen LogP contribution in [0.1, 0.15) is 24.2 Å². The number of hydrogen-bond donors (Lipinski definition) is 1. The number of rotatable bonds is 6. The predicted molar refractivity (Wildman–Crippen MR) is 95.6 cm³/mol. The lowest BCUT2D eigenvalue weighted by Gasteiger charge is -2.29. The fourth-order valence-electron chi connectivity index (χ4n) is 2.85. The molecule has 1 amide bonds. The second-order valence-corrected chi connectivity index (χ2v) is 6.59. The molecule has 7 heteroatoms. The quantitative estimate of drug-likeness (QED) is 0.862. The first kappa shape index (κ1) is 17.4. The summed E-state index contributed by atoms with van der Waals surface area (Å²) in [6.45, 7) is 8.06. The van der Waals surface area contributed by atoms with Gasteiger partial charge in [-0.2, -0.15) is 5.10 Å². The molecule has 1 aromatic carbocycles. The minimum Gasteiger partial charge on any atom is -0.378 e. The number of ether oxygens (including phenoxy) is 1. The average Bonchev–Trinajstić information content (AvgIpc) is 3.15. The molecule has 25 heavy (non-hydrogen) atoms. The maximum absolute atomic E-state index is 12.6. The van der Waals surface area contributed by atoms with E-state index in [2.05, 4.69) is 34.1 Å². The minimum atomic E-state index is -0.0626. The summed E-state index contributed by atoms with van der Waals surface area (Å²) < 4.78 is 7.12. The molecule has 7 nitrogen and oxygen atoms in total. The molecule has 1 N–H and O–H groups in total. The molecule has 1 aromatic heterocycles. The van der Waals surface area contributed by atoms with Gasteiger partial charge in [-0.3, -0.25) is 9.48 Å². The maximum atomic E-state index is 12.6. The highest BCUT2D eigenvalue weighted by Crippen LogP contribution is 2.17. The number of aromatic nitrogens is 3. The summed E-state index contributed by atoms with van der Waals surface area (Å²) in [4.78, 5) is 18.8. The lowest BCUT2D eigenvalue weighted by molar-refractivity contribution is 0.0919. The first-order valence-corrected chi connectivity index (χ1v) is 8.69. The summed E-state index contributed by atoms with van der Waals surface area (Å²) in [5.41, 5.74) is 1.80. The molecule has 1 aliphatic rings. The molecule has 2 heterocycles. The summed E-state index contributed by atoms with van der Waals surface area (Å²) in [5, 5.41) is 7.23. The third-order valence-corrected chi connectivity index (χ3v) is 4.48. The molecule has 0 aliphatic carbocycles. The lowest BCUT2D eigenvalue weighted by atomic mass is 10.0. The van der Waals surface area contributed by atoms with E-state index in [0.717, 1.165) is 32.0 Å². The van der Waals surface area contributed by atoms with Crippen LogP contribution in [0.5, 0.6) is 0 Å². The van der Waals surface area contributed by atoms with Gasteiger partial charge in [0.05, 0.1) is 25.8 Å². The van der Waals surface area contributed by atoms with Crippen molar-refractivity contribution in [3.63, 3.8) is 0 Å². The van der Waals surface area contributed by atoms with Gasteiger partial charge in [0, 0.05) is 24.3 Å². The van der Waals surface area contributed by atoms with Gasteiger partial charge in [0.1, 0.15) is 12.7 Å². The predicted octanol–water partition coefficient (Wildman–Crippen LogP) is 1.57. The van der Waals surface area contributed by atoms with Crippen molar-refractivity contribution >= 4 is 11.6 Å². The molecule has 3 rings (SSSR count). The summed E-state index contributed by atoms with van der Waals surface area (Å²) in [6, 6.07) is 7.76. The van der Waals surface area contributed by atoms with Gasteiger partial charge in [-0.15, -0.1) is 0 Å². The molecule has 2 aromatic rings. The highest BCUT2D eigenvalue weighted by Gasteiger charge is 2.19. The van der Waals surface area contributed by atoms with E-state index in [1.807, 2.05) is 24.3 Å². The van der Waals surface area contributed by atoms with Crippen LogP contribution in [-0.2, 0) is 11.3 Å². The van der Waals surface area contributed by atoms with E-state index in [-0.39, 0.29) is 11.9 Å². The Morgan fingerprint density at radius 1 is 1.24 bits per heavy atom. The van der Waals surface area contributed by atoms with Gasteiger partial charge < -0.3 is 15.0 Å². The third kappa shape index (κ3) is 4.57.